The molecule has 0 N–H and O–H groups in total. The van der Waals surface area contributed by atoms with Gasteiger partial charge in [0.2, 0.25) is 0 Å². The van der Waals surface area contributed by atoms with Crippen molar-refractivity contribution in [1.29, 1.82) is 0 Å². The molecule has 0 spiro atoms. The van der Waals surface area contributed by atoms with E-state index in [2.05, 4.69) is 24.0 Å². The molecule has 0 aliphatic carbocycles. The number of benzene rings is 2. The SMILES string of the molecule is CC(/N=C/c1ccc(-c2ccccc2)o1)c1ccccc1. The summed E-state index contributed by atoms with van der Waals surface area (Å²) in [5.41, 5.74) is 2.27. The molecule has 0 radical (unpaired) electrons. The fourth-order valence-corrected chi connectivity index (χ4v) is 2.18. The lowest BCUT2D eigenvalue weighted by Crippen LogP contribution is -1.89. The van der Waals surface area contributed by atoms with E-state index in [4.69, 9.17) is 4.42 Å². The topological polar surface area (TPSA) is 25.5 Å². The summed E-state index contributed by atoms with van der Waals surface area (Å²) in [6.45, 7) is 2.08. The summed E-state index contributed by atoms with van der Waals surface area (Å²) < 4.78 is 5.81. The van der Waals surface area contributed by atoms with Crippen molar-refractivity contribution in [3.63, 3.8) is 0 Å². The third-order valence-electron chi connectivity index (χ3n) is 3.39. The number of rotatable bonds is 4. The minimum Gasteiger partial charge on any atom is -0.455 e. The molecule has 3 aromatic rings. The maximum atomic E-state index is 5.81. The molecule has 0 aliphatic heterocycles. The molecule has 2 nitrogen and oxygen atoms in total. The first-order valence-corrected chi connectivity index (χ1v) is 7.06. The maximum Gasteiger partial charge on any atom is 0.145 e. The highest BCUT2D eigenvalue weighted by Gasteiger charge is 2.04. The molecule has 1 atom stereocenters. The van der Waals surface area contributed by atoms with E-state index in [1.807, 2.05) is 60.7 Å². The lowest BCUT2D eigenvalue weighted by Gasteiger charge is -2.04. The van der Waals surface area contributed by atoms with Crippen LogP contribution in [-0.2, 0) is 0 Å². The van der Waals surface area contributed by atoms with Gasteiger partial charge in [0, 0.05) is 5.56 Å². The van der Waals surface area contributed by atoms with Crippen molar-refractivity contribution in [3.8, 4) is 11.3 Å². The Morgan fingerprint density at radius 3 is 2.24 bits per heavy atom. The number of hydrogen-bond acceptors (Lipinski definition) is 2. The molecule has 21 heavy (non-hydrogen) atoms. The quantitative estimate of drug-likeness (QED) is 0.606. The van der Waals surface area contributed by atoms with Crippen LogP contribution >= 0.6 is 0 Å². The average molecular weight is 275 g/mol. The molecule has 0 saturated carbocycles. The molecule has 0 aliphatic rings. The van der Waals surface area contributed by atoms with Gasteiger partial charge in [0.1, 0.15) is 11.5 Å². The highest BCUT2D eigenvalue weighted by Crippen LogP contribution is 2.21. The van der Waals surface area contributed by atoms with Crippen LogP contribution in [0.4, 0.5) is 0 Å². The number of hydrogen-bond donors (Lipinski definition) is 0. The molecule has 104 valence electrons. The van der Waals surface area contributed by atoms with E-state index < -0.39 is 0 Å². The van der Waals surface area contributed by atoms with Crippen LogP contribution in [0.2, 0.25) is 0 Å². The summed E-state index contributed by atoms with van der Waals surface area (Å²) in [5, 5.41) is 0. The van der Waals surface area contributed by atoms with Crippen LogP contribution in [0.25, 0.3) is 11.3 Å². The van der Waals surface area contributed by atoms with Crippen molar-refractivity contribution in [2.45, 2.75) is 13.0 Å². The molecule has 0 saturated heterocycles. The molecule has 1 unspecified atom stereocenters. The molecule has 0 fully saturated rings. The summed E-state index contributed by atoms with van der Waals surface area (Å²) in [7, 11) is 0. The van der Waals surface area contributed by atoms with E-state index in [0.29, 0.717) is 0 Å². The first kappa shape index (κ1) is 13.4. The number of furan rings is 1. The van der Waals surface area contributed by atoms with E-state index in [1.165, 1.54) is 5.56 Å². The molecule has 0 amide bonds. The second kappa shape index (κ2) is 6.23. The highest BCUT2D eigenvalue weighted by molar-refractivity contribution is 5.77. The third kappa shape index (κ3) is 3.29. The lowest BCUT2D eigenvalue weighted by atomic mass is 10.1. The fourth-order valence-electron chi connectivity index (χ4n) is 2.18. The Labute approximate surface area is 124 Å². The van der Waals surface area contributed by atoms with Crippen molar-refractivity contribution in [2.24, 2.45) is 4.99 Å². The molecule has 1 heterocycles. The smallest absolute Gasteiger partial charge is 0.145 e. The van der Waals surface area contributed by atoms with Gasteiger partial charge in [-0.25, -0.2) is 0 Å². The lowest BCUT2D eigenvalue weighted by molar-refractivity contribution is 0.574. The van der Waals surface area contributed by atoms with Crippen LogP contribution in [0.3, 0.4) is 0 Å². The second-order valence-corrected chi connectivity index (χ2v) is 4.93. The van der Waals surface area contributed by atoms with Gasteiger partial charge in [0.15, 0.2) is 0 Å². The fraction of sp³-hybridized carbons (Fsp3) is 0.105. The van der Waals surface area contributed by atoms with Crippen molar-refractivity contribution in [1.82, 2.24) is 0 Å². The van der Waals surface area contributed by atoms with Gasteiger partial charge < -0.3 is 4.42 Å². The van der Waals surface area contributed by atoms with Gasteiger partial charge in [-0.3, -0.25) is 4.99 Å². The summed E-state index contributed by atoms with van der Waals surface area (Å²) in [6.07, 6.45) is 1.80. The Bertz CT molecular complexity index is 714. The van der Waals surface area contributed by atoms with Crippen molar-refractivity contribution in [3.05, 3.63) is 84.1 Å². The third-order valence-corrected chi connectivity index (χ3v) is 3.39. The first-order valence-electron chi connectivity index (χ1n) is 7.06. The van der Waals surface area contributed by atoms with Gasteiger partial charge in [-0.15, -0.1) is 0 Å². The predicted molar refractivity (Wildman–Crippen MR) is 86.6 cm³/mol. The number of nitrogens with zero attached hydrogens (tertiary/aromatic N) is 1. The second-order valence-electron chi connectivity index (χ2n) is 4.93. The monoisotopic (exact) mass is 275 g/mol. The predicted octanol–water partition coefficient (Wildman–Crippen LogP) is 5.13. The molecule has 2 heteroatoms. The van der Waals surface area contributed by atoms with Crippen LogP contribution in [0.5, 0.6) is 0 Å². The van der Waals surface area contributed by atoms with E-state index in [-0.39, 0.29) is 6.04 Å². The van der Waals surface area contributed by atoms with E-state index in [0.717, 1.165) is 17.1 Å². The van der Waals surface area contributed by atoms with Gasteiger partial charge in [0.05, 0.1) is 12.3 Å². The molecule has 3 rings (SSSR count). The maximum absolute atomic E-state index is 5.81. The largest absolute Gasteiger partial charge is 0.455 e. The summed E-state index contributed by atoms with van der Waals surface area (Å²) in [5.74, 6) is 1.64. The Hall–Kier alpha value is -2.61. The zero-order chi connectivity index (χ0) is 14.5. The van der Waals surface area contributed by atoms with E-state index in [9.17, 15) is 0 Å². The van der Waals surface area contributed by atoms with Crippen molar-refractivity contribution < 1.29 is 4.42 Å². The van der Waals surface area contributed by atoms with Gasteiger partial charge in [-0.1, -0.05) is 60.7 Å². The Morgan fingerprint density at radius 1 is 0.857 bits per heavy atom. The summed E-state index contributed by atoms with van der Waals surface area (Å²) >= 11 is 0. The Kier molecular flexibility index (Phi) is 3.97. The first-order chi connectivity index (χ1) is 10.3. The van der Waals surface area contributed by atoms with Crippen molar-refractivity contribution >= 4 is 6.21 Å². The normalized spacial score (nSPS) is 12.6. The van der Waals surface area contributed by atoms with E-state index >= 15 is 0 Å². The Balaban J connectivity index is 1.74. The minimum absolute atomic E-state index is 0.122. The van der Waals surface area contributed by atoms with Gasteiger partial charge in [0.25, 0.3) is 0 Å². The molecule has 2 aromatic carbocycles. The van der Waals surface area contributed by atoms with Crippen molar-refractivity contribution in [2.75, 3.05) is 0 Å². The minimum atomic E-state index is 0.122. The van der Waals surface area contributed by atoms with Crippen LogP contribution in [0, 0.1) is 0 Å². The molecular formula is C19H17NO. The summed E-state index contributed by atoms with van der Waals surface area (Å²) in [4.78, 5) is 4.55. The molecule has 1 aromatic heterocycles. The van der Waals surface area contributed by atoms with Gasteiger partial charge >= 0.3 is 0 Å². The van der Waals surface area contributed by atoms with Gasteiger partial charge in [-0.2, -0.15) is 0 Å². The van der Waals surface area contributed by atoms with E-state index in [1.54, 1.807) is 6.21 Å². The molecule has 0 bridgehead atoms. The van der Waals surface area contributed by atoms with Crippen LogP contribution < -0.4 is 0 Å². The molecular weight excluding hydrogens is 258 g/mol. The Morgan fingerprint density at radius 2 is 1.52 bits per heavy atom. The zero-order valence-electron chi connectivity index (χ0n) is 11.9. The summed E-state index contributed by atoms with van der Waals surface area (Å²) in [6, 6.07) is 24.4. The standard InChI is InChI=1S/C19H17NO/c1-15(16-8-4-2-5-9-16)20-14-18-12-13-19(21-18)17-10-6-3-7-11-17/h2-15H,1H3/b20-14+. The number of aliphatic imine (C=N–C) groups is 1. The van der Waals surface area contributed by atoms with Gasteiger partial charge in [-0.05, 0) is 24.6 Å². The van der Waals surface area contributed by atoms with Crippen LogP contribution in [-0.4, -0.2) is 6.21 Å². The highest BCUT2D eigenvalue weighted by atomic mass is 16.3. The zero-order valence-corrected chi connectivity index (χ0v) is 11.9. The van der Waals surface area contributed by atoms with Crippen LogP contribution in [0.15, 0.2) is 82.2 Å². The average Bonchev–Trinajstić information content (AvgIpc) is 3.03. The van der Waals surface area contributed by atoms with Crippen LogP contribution in [0.1, 0.15) is 24.3 Å².